The second kappa shape index (κ2) is 5.66. The van der Waals surface area contributed by atoms with E-state index in [2.05, 4.69) is 58.5 Å². The number of rotatable bonds is 5. The third kappa shape index (κ3) is 2.22. The standard InChI is InChI=1S/C18H28Si/c1-6-10-15-16-12-8-9-13-18(16)19(5,14(3)4)17(15)11-7-2/h8-9,12-14H,6-7,10-11H2,1-5H3. The van der Waals surface area contributed by atoms with Crippen molar-refractivity contribution in [3.05, 3.63) is 35.0 Å². The Labute approximate surface area is 119 Å². The summed E-state index contributed by atoms with van der Waals surface area (Å²) in [7, 11) is -1.46. The van der Waals surface area contributed by atoms with E-state index in [-0.39, 0.29) is 0 Å². The molecule has 0 aliphatic carbocycles. The first kappa shape index (κ1) is 14.6. The number of hydrogen-bond acceptors (Lipinski definition) is 0. The van der Waals surface area contributed by atoms with Gasteiger partial charge < -0.3 is 0 Å². The summed E-state index contributed by atoms with van der Waals surface area (Å²) >= 11 is 0. The van der Waals surface area contributed by atoms with Crippen molar-refractivity contribution in [2.24, 2.45) is 0 Å². The maximum atomic E-state index is 2.60. The average molecular weight is 273 g/mol. The molecule has 2 rings (SSSR count). The van der Waals surface area contributed by atoms with Gasteiger partial charge in [0.2, 0.25) is 0 Å². The Balaban J connectivity index is 2.64. The fourth-order valence-electron chi connectivity index (χ4n) is 3.69. The first-order valence-electron chi connectivity index (χ1n) is 7.89. The van der Waals surface area contributed by atoms with E-state index in [0.717, 1.165) is 5.54 Å². The van der Waals surface area contributed by atoms with E-state index in [1.54, 1.807) is 16.3 Å². The summed E-state index contributed by atoms with van der Waals surface area (Å²) in [4.78, 5) is 0. The molecule has 0 saturated carbocycles. The van der Waals surface area contributed by atoms with Crippen molar-refractivity contribution < 1.29 is 0 Å². The van der Waals surface area contributed by atoms with E-state index in [4.69, 9.17) is 0 Å². The van der Waals surface area contributed by atoms with Crippen LogP contribution in [0, 0.1) is 0 Å². The lowest BCUT2D eigenvalue weighted by molar-refractivity contribution is 0.906. The molecule has 0 bridgehead atoms. The summed E-state index contributed by atoms with van der Waals surface area (Å²) in [6.07, 6.45) is 5.12. The molecule has 1 unspecified atom stereocenters. The van der Waals surface area contributed by atoms with Gasteiger partial charge in [0.15, 0.2) is 0 Å². The zero-order valence-corrected chi connectivity index (χ0v) is 14.2. The predicted molar refractivity (Wildman–Crippen MR) is 89.5 cm³/mol. The molecule has 0 saturated heterocycles. The van der Waals surface area contributed by atoms with Crippen molar-refractivity contribution >= 4 is 18.8 Å². The highest BCUT2D eigenvalue weighted by molar-refractivity contribution is 7.00. The van der Waals surface area contributed by atoms with Gasteiger partial charge in [0.05, 0.1) is 0 Å². The van der Waals surface area contributed by atoms with Crippen LogP contribution in [0.3, 0.4) is 0 Å². The molecule has 1 heteroatoms. The largest absolute Gasteiger partial charge is 0.114 e. The molecule has 0 amide bonds. The van der Waals surface area contributed by atoms with Gasteiger partial charge in [-0.2, -0.15) is 0 Å². The molecule has 19 heavy (non-hydrogen) atoms. The molecule has 0 nitrogen and oxygen atoms in total. The second-order valence-electron chi connectivity index (χ2n) is 6.36. The van der Waals surface area contributed by atoms with E-state index in [1.165, 1.54) is 25.7 Å². The van der Waals surface area contributed by atoms with Crippen LogP contribution in [0.4, 0.5) is 0 Å². The molecule has 0 spiro atoms. The highest BCUT2D eigenvalue weighted by atomic mass is 28.3. The van der Waals surface area contributed by atoms with Crippen molar-refractivity contribution in [1.82, 2.24) is 0 Å². The third-order valence-corrected chi connectivity index (χ3v) is 10.6. The van der Waals surface area contributed by atoms with Crippen LogP contribution in [0.25, 0.3) is 5.57 Å². The van der Waals surface area contributed by atoms with E-state index >= 15 is 0 Å². The molecule has 1 atom stereocenters. The lowest BCUT2D eigenvalue weighted by Crippen LogP contribution is -2.47. The highest BCUT2D eigenvalue weighted by Crippen LogP contribution is 2.43. The van der Waals surface area contributed by atoms with Gasteiger partial charge in [0.1, 0.15) is 8.07 Å². The Hall–Kier alpha value is -0.823. The summed E-state index contributed by atoms with van der Waals surface area (Å²) in [6.45, 7) is 12.1. The fourth-order valence-corrected chi connectivity index (χ4v) is 8.23. The van der Waals surface area contributed by atoms with Gasteiger partial charge in [-0.05, 0) is 34.7 Å². The highest BCUT2D eigenvalue weighted by Gasteiger charge is 2.44. The van der Waals surface area contributed by atoms with Crippen molar-refractivity contribution in [2.45, 2.75) is 65.5 Å². The monoisotopic (exact) mass is 272 g/mol. The smallest absolute Gasteiger partial charge is 0.0718 e. The normalized spacial score (nSPS) is 22.2. The van der Waals surface area contributed by atoms with E-state index in [1.807, 2.05) is 5.20 Å². The zero-order valence-electron chi connectivity index (χ0n) is 13.2. The van der Waals surface area contributed by atoms with Gasteiger partial charge >= 0.3 is 0 Å². The molecule has 0 fully saturated rings. The Kier molecular flexibility index (Phi) is 4.35. The molecule has 1 aliphatic rings. The van der Waals surface area contributed by atoms with Crippen molar-refractivity contribution in [2.75, 3.05) is 0 Å². The maximum Gasteiger partial charge on any atom is 0.114 e. The van der Waals surface area contributed by atoms with Crippen molar-refractivity contribution in [3.63, 3.8) is 0 Å². The fraction of sp³-hybridized carbons (Fsp3) is 0.556. The minimum absolute atomic E-state index is 0.796. The SMILES string of the molecule is CCCC1=C(CCC)[Si](C)(C(C)C)c2ccccc21. The molecular weight excluding hydrogens is 244 g/mol. The first-order valence-corrected chi connectivity index (χ1v) is 10.5. The molecule has 1 aromatic carbocycles. The van der Waals surface area contributed by atoms with Gasteiger partial charge in [0.25, 0.3) is 0 Å². The van der Waals surface area contributed by atoms with Crippen LogP contribution in [-0.4, -0.2) is 8.07 Å². The average Bonchev–Trinajstić information content (AvgIpc) is 2.64. The van der Waals surface area contributed by atoms with Crippen LogP contribution >= 0.6 is 0 Å². The zero-order chi connectivity index (χ0) is 14.0. The number of allylic oxidation sites excluding steroid dienone is 2. The summed E-state index contributed by atoms with van der Waals surface area (Å²) in [5.41, 5.74) is 4.10. The van der Waals surface area contributed by atoms with Crippen molar-refractivity contribution in [1.29, 1.82) is 0 Å². The summed E-state index contributed by atoms with van der Waals surface area (Å²) in [5.74, 6) is 0. The summed E-state index contributed by atoms with van der Waals surface area (Å²) in [6, 6.07) is 9.25. The Morgan fingerprint density at radius 1 is 1.00 bits per heavy atom. The Morgan fingerprint density at radius 2 is 1.63 bits per heavy atom. The number of benzene rings is 1. The van der Waals surface area contributed by atoms with Crippen LogP contribution in [0.5, 0.6) is 0 Å². The molecule has 0 N–H and O–H groups in total. The molecular formula is C18H28Si. The van der Waals surface area contributed by atoms with Crippen LogP contribution in [-0.2, 0) is 0 Å². The van der Waals surface area contributed by atoms with Crippen molar-refractivity contribution in [3.8, 4) is 0 Å². The number of fused-ring (bicyclic) bond motifs is 1. The summed E-state index contributed by atoms with van der Waals surface area (Å²) < 4.78 is 0. The first-order chi connectivity index (χ1) is 9.07. The lowest BCUT2D eigenvalue weighted by atomic mass is 10.00. The number of hydrogen-bond donors (Lipinski definition) is 0. The van der Waals surface area contributed by atoms with E-state index in [9.17, 15) is 0 Å². The molecule has 104 valence electrons. The summed E-state index contributed by atoms with van der Waals surface area (Å²) in [5, 5.41) is 3.56. The minimum Gasteiger partial charge on any atom is -0.0718 e. The molecule has 0 aromatic heterocycles. The molecule has 0 radical (unpaired) electrons. The van der Waals surface area contributed by atoms with Crippen LogP contribution < -0.4 is 5.19 Å². The Morgan fingerprint density at radius 3 is 2.21 bits per heavy atom. The van der Waals surface area contributed by atoms with Gasteiger partial charge in [0, 0.05) is 0 Å². The molecule has 1 aliphatic heterocycles. The van der Waals surface area contributed by atoms with Crippen LogP contribution in [0.1, 0.15) is 58.9 Å². The van der Waals surface area contributed by atoms with Gasteiger partial charge in [-0.3, -0.25) is 0 Å². The quantitative estimate of drug-likeness (QED) is 0.639. The van der Waals surface area contributed by atoms with E-state index in [0.29, 0.717) is 0 Å². The Bertz CT molecular complexity index is 484. The molecule has 1 heterocycles. The predicted octanol–water partition coefficient (Wildman–Crippen LogP) is 5.29. The third-order valence-electron chi connectivity index (χ3n) is 4.96. The minimum atomic E-state index is -1.46. The van der Waals surface area contributed by atoms with Crippen LogP contribution in [0.2, 0.25) is 12.1 Å². The van der Waals surface area contributed by atoms with E-state index < -0.39 is 8.07 Å². The molecule has 1 aromatic rings. The van der Waals surface area contributed by atoms with Crippen LogP contribution in [0.15, 0.2) is 29.5 Å². The lowest BCUT2D eigenvalue weighted by Gasteiger charge is -2.32. The topological polar surface area (TPSA) is 0 Å². The second-order valence-corrected chi connectivity index (χ2v) is 11.1. The van der Waals surface area contributed by atoms with Gasteiger partial charge in [-0.1, -0.05) is 76.5 Å². The maximum absolute atomic E-state index is 2.60. The van der Waals surface area contributed by atoms with Gasteiger partial charge in [-0.15, -0.1) is 0 Å². The van der Waals surface area contributed by atoms with Gasteiger partial charge in [-0.25, -0.2) is 0 Å².